The smallest absolute Gasteiger partial charge is 0.233 e. The molecule has 12 nitrogen and oxygen atoms in total. The Hall–Kier alpha value is -5.15. The zero-order chi connectivity index (χ0) is 44.4. The highest BCUT2D eigenvalue weighted by atomic mass is 16.5. The molecule has 1 saturated carbocycles. The van der Waals surface area contributed by atoms with Crippen molar-refractivity contribution in [1.29, 1.82) is 5.26 Å². The van der Waals surface area contributed by atoms with Crippen LogP contribution in [0.2, 0.25) is 0 Å². The van der Waals surface area contributed by atoms with Crippen LogP contribution in [0.5, 0.6) is 5.88 Å². The van der Waals surface area contributed by atoms with Gasteiger partial charge in [0, 0.05) is 100 Å². The molecule has 1 spiro atoms. The van der Waals surface area contributed by atoms with E-state index in [4.69, 9.17) is 4.74 Å². The number of carbonyl (C=O) groups is 1. The lowest BCUT2D eigenvalue weighted by Crippen LogP contribution is -2.42. The van der Waals surface area contributed by atoms with Crippen molar-refractivity contribution in [3.8, 4) is 11.9 Å². The third-order valence-corrected chi connectivity index (χ3v) is 15.8. The zero-order valence-electron chi connectivity index (χ0n) is 39.2. The van der Waals surface area contributed by atoms with Gasteiger partial charge in [0.2, 0.25) is 11.8 Å². The lowest BCUT2D eigenvalue weighted by atomic mass is 9.77. The largest absolute Gasteiger partial charge is 0.473 e. The van der Waals surface area contributed by atoms with Crippen LogP contribution in [0.4, 0.5) is 23.0 Å². The summed E-state index contributed by atoms with van der Waals surface area (Å²) in [5.41, 5.74) is 11.1. The summed E-state index contributed by atoms with van der Waals surface area (Å²) in [4.78, 5) is 23.6. The fourth-order valence-corrected chi connectivity index (χ4v) is 11.8. The highest BCUT2D eigenvalue weighted by Gasteiger charge is 2.45. The number of hydrogen-bond acceptors (Lipinski definition) is 10. The number of amides is 1. The van der Waals surface area contributed by atoms with E-state index >= 15 is 0 Å². The second-order valence-electron chi connectivity index (χ2n) is 20.1. The quantitative estimate of drug-likeness (QED) is 0.193. The molecular weight excluding hydrogens is 797 g/mol. The average molecular weight is 867 g/mol. The maximum Gasteiger partial charge on any atom is 0.233 e. The Morgan fingerprint density at radius 1 is 0.875 bits per heavy atom. The highest BCUT2D eigenvalue weighted by Crippen LogP contribution is 2.46. The molecule has 340 valence electrons. The molecule has 10 rings (SSSR count). The number of ether oxygens (including phenoxy) is 1. The fourth-order valence-electron chi connectivity index (χ4n) is 11.8. The second kappa shape index (κ2) is 19.1. The third-order valence-electron chi connectivity index (χ3n) is 15.8. The molecule has 0 unspecified atom stereocenters. The number of anilines is 4. The van der Waals surface area contributed by atoms with Gasteiger partial charge in [-0.2, -0.15) is 10.4 Å². The molecule has 5 aliphatic heterocycles. The number of hydrogen-bond donors (Lipinski definition) is 1. The first-order valence-electron chi connectivity index (χ1n) is 24.5. The van der Waals surface area contributed by atoms with Crippen LogP contribution in [-0.4, -0.2) is 101 Å². The van der Waals surface area contributed by atoms with Crippen LogP contribution in [-0.2, 0) is 24.2 Å². The van der Waals surface area contributed by atoms with Crippen LogP contribution in [0.25, 0.3) is 0 Å². The van der Waals surface area contributed by atoms with E-state index in [1.165, 1.54) is 97.2 Å². The summed E-state index contributed by atoms with van der Waals surface area (Å²) in [6, 6.07) is 17.8. The van der Waals surface area contributed by atoms with Crippen LogP contribution in [0.3, 0.4) is 0 Å². The van der Waals surface area contributed by atoms with Gasteiger partial charge in [-0.3, -0.25) is 9.89 Å². The minimum Gasteiger partial charge on any atom is -0.473 e. The van der Waals surface area contributed by atoms with Crippen LogP contribution >= 0.6 is 0 Å². The number of H-pyrrole nitrogens is 1. The van der Waals surface area contributed by atoms with Crippen molar-refractivity contribution in [2.45, 2.75) is 137 Å². The van der Waals surface area contributed by atoms with Crippen molar-refractivity contribution in [2.75, 3.05) is 67.1 Å². The van der Waals surface area contributed by atoms with Crippen LogP contribution in [0, 0.1) is 43.4 Å². The summed E-state index contributed by atoms with van der Waals surface area (Å²) < 4.78 is 6.27. The molecule has 64 heavy (non-hydrogen) atoms. The van der Waals surface area contributed by atoms with E-state index in [1.54, 1.807) is 6.92 Å². The van der Waals surface area contributed by atoms with Gasteiger partial charge in [-0.05, 0) is 143 Å². The van der Waals surface area contributed by atoms with Crippen molar-refractivity contribution in [3.05, 3.63) is 81.5 Å². The molecule has 4 fully saturated rings. The fraction of sp³-hybridized carbons (Fsp3) is 0.596. The van der Waals surface area contributed by atoms with E-state index < -0.39 is 0 Å². The van der Waals surface area contributed by atoms with Gasteiger partial charge in [0.25, 0.3) is 0 Å². The van der Waals surface area contributed by atoms with Crippen molar-refractivity contribution in [2.24, 2.45) is 11.3 Å². The monoisotopic (exact) mass is 867 g/mol. The van der Waals surface area contributed by atoms with Crippen molar-refractivity contribution >= 4 is 28.9 Å². The van der Waals surface area contributed by atoms with E-state index in [9.17, 15) is 10.1 Å². The Labute approximate surface area is 381 Å². The number of likely N-dealkylation sites (tertiary alicyclic amines) is 1. The van der Waals surface area contributed by atoms with Crippen LogP contribution in [0.15, 0.2) is 42.5 Å². The molecule has 3 saturated heterocycles. The number of nitrogens with zero attached hydrogens (tertiary/aromatic N) is 9. The second-order valence-corrected chi connectivity index (χ2v) is 20.1. The molecule has 1 N–H and O–H groups in total. The van der Waals surface area contributed by atoms with E-state index in [0.29, 0.717) is 23.9 Å². The molecule has 12 heteroatoms. The molecule has 2 aromatic carbocycles. The van der Waals surface area contributed by atoms with Crippen molar-refractivity contribution in [3.63, 3.8) is 0 Å². The zero-order valence-corrected chi connectivity index (χ0v) is 39.2. The lowest BCUT2D eigenvalue weighted by Gasteiger charge is -2.40. The number of nitriles is 1. The molecule has 1 amide bonds. The molecular formula is C52H70N10O2. The summed E-state index contributed by atoms with van der Waals surface area (Å²) in [5.74, 6) is 3.68. The molecule has 1 atom stereocenters. The number of piperidine rings is 2. The Morgan fingerprint density at radius 3 is 2.41 bits per heavy atom. The number of rotatable bonds is 7. The van der Waals surface area contributed by atoms with E-state index in [0.717, 1.165) is 107 Å². The first-order valence-corrected chi connectivity index (χ1v) is 24.5. The standard InChI is InChI=1S/C34H48N6O.C18H22N4O/c1-25-21-34(24-40(25)31-10-9-29(22-35)26(2)27(31)3)15-19-39(20-16-34)32-11-12-33(37-36-32)41-30-13-17-38(18-14-30)23-28-7-5-4-6-8-28;1-12-5-6-14-4-3-8-22(17(14)10-12)18-15-11-21(13(2)23)9-7-16(15)19-20-18/h9-12,25,28,30H,4-8,13-21,23-24H2,1-3H3;5-6,10H,3-4,7-9,11H2,1-2H3,(H,19,20)/t25-;/m0./s1. The predicted octanol–water partition coefficient (Wildman–Crippen LogP) is 8.98. The number of aromatic nitrogens is 4. The summed E-state index contributed by atoms with van der Waals surface area (Å²) in [6.45, 7) is 19.5. The Kier molecular flexibility index (Phi) is 13.2. The van der Waals surface area contributed by atoms with Crippen molar-refractivity contribution in [1.82, 2.24) is 30.2 Å². The Balaban J connectivity index is 0.000000190. The number of aromatic amines is 1. The molecule has 2 aromatic heterocycles. The van der Waals surface area contributed by atoms with E-state index in [-0.39, 0.29) is 12.0 Å². The SMILES string of the molecule is CC(=O)N1CCc2[nH]nc(N3CCCc4ccc(C)cc43)c2C1.Cc1c(C#N)ccc(N2CC3(CCN(c4ccc(OC5CCN(CC6CCCCC6)CC5)nn4)CC3)C[C@@H]2C)c1C. The average Bonchev–Trinajstić information content (AvgIpc) is 3.88. The predicted molar refractivity (Wildman–Crippen MR) is 255 cm³/mol. The molecule has 4 aromatic rings. The van der Waals surface area contributed by atoms with Gasteiger partial charge in [-0.1, -0.05) is 31.4 Å². The van der Waals surface area contributed by atoms with E-state index in [2.05, 4.69) is 104 Å². The van der Waals surface area contributed by atoms with Gasteiger partial charge in [0.15, 0.2) is 11.6 Å². The van der Waals surface area contributed by atoms with E-state index in [1.807, 2.05) is 17.0 Å². The minimum absolute atomic E-state index is 0.137. The third kappa shape index (κ3) is 9.47. The van der Waals surface area contributed by atoms with Gasteiger partial charge >= 0.3 is 0 Å². The molecule has 6 aliphatic rings. The minimum atomic E-state index is 0.137. The molecule has 7 heterocycles. The topological polar surface area (TPSA) is 121 Å². The Morgan fingerprint density at radius 2 is 1.67 bits per heavy atom. The van der Waals surface area contributed by atoms with Crippen LogP contribution in [0.1, 0.15) is 124 Å². The number of benzene rings is 2. The number of fused-ring (bicyclic) bond motifs is 2. The van der Waals surface area contributed by atoms with Gasteiger partial charge < -0.3 is 29.2 Å². The molecule has 1 aliphatic carbocycles. The number of aryl methyl sites for hydroxylation is 2. The van der Waals surface area contributed by atoms with Gasteiger partial charge in [-0.25, -0.2) is 0 Å². The summed E-state index contributed by atoms with van der Waals surface area (Å²) in [6.07, 6.45) is 16.2. The summed E-state index contributed by atoms with van der Waals surface area (Å²) in [7, 11) is 0. The Bertz CT molecular complexity index is 2300. The summed E-state index contributed by atoms with van der Waals surface area (Å²) in [5, 5.41) is 26.3. The number of nitrogens with one attached hydrogen (secondary N) is 1. The normalized spacial score (nSPS) is 21.5. The highest BCUT2D eigenvalue weighted by molar-refractivity contribution is 5.75. The maximum absolute atomic E-state index is 11.7. The first-order chi connectivity index (χ1) is 31.1. The van der Waals surface area contributed by atoms with Crippen LogP contribution < -0.4 is 19.4 Å². The number of carbonyl (C=O) groups excluding carboxylic acids is 1. The van der Waals surface area contributed by atoms with Gasteiger partial charge in [0.1, 0.15) is 6.10 Å². The van der Waals surface area contributed by atoms with Gasteiger partial charge in [-0.15, -0.1) is 10.2 Å². The van der Waals surface area contributed by atoms with Crippen molar-refractivity contribution < 1.29 is 9.53 Å². The molecule has 0 bridgehead atoms. The lowest BCUT2D eigenvalue weighted by molar-refractivity contribution is -0.129. The summed E-state index contributed by atoms with van der Waals surface area (Å²) >= 11 is 0. The molecule has 0 radical (unpaired) electrons. The van der Waals surface area contributed by atoms with Gasteiger partial charge in [0.05, 0.1) is 18.2 Å². The maximum atomic E-state index is 11.7. The first kappa shape index (κ1) is 44.1.